The van der Waals surface area contributed by atoms with Gasteiger partial charge in [0.2, 0.25) is 10.0 Å². The Hall–Kier alpha value is -0.530. The molecule has 1 aliphatic carbocycles. The van der Waals surface area contributed by atoms with Crippen LogP contribution in [0.1, 0.15) is 19.3 Å². The molecule has 0 bridgehead atoms. The summed E-state index contributed by atoms with van der Waals surface area (Å²) in [5.74, 6) is 3.05. The molecule has 0 amide bonds. The van der Waals surface area contributed by atoms with E-state index in [1.807, 2.05) is 0 Å². The van der Waals surface area contributed by atoms with E-state index in [4.69, 9.17) is 6.42 Å². The highest BCUT2D eigenvalue weighted by atomic mass is 32.2. The molecule has 0 unspecified atom stereocenters. The average Bonchev–Trinajstić information content (AvgIpc) is 2.71. The van der Waals surface area contributed by atoms with E-state index in [0.717, 1.165) is 12.8 Å². The number of rotatable bonds is 5. The van der Waals surface area contributed by atoms with Gasteiger partial charge in [0.1, 0.15) is 0 Å². The van der Waals surface area contributed by atoms with Gasteiger partial charge < -0.3 is 0 Å². The Morgan fingerprint density at radius 2 is 2.17 bits per heavy atom. The summed E-state index contributed by atoms with van der Waals surface area (Å²) in [5.41, 5.74) is 0. The summed E-state index contributed by atoms with van der Waals surface area (Å²) < 4.78 is 24.8. The van der Waals surface area contributed by atoms with Crippen LogP contribution >= 0.6 is 0 Å². The predicted octanol–water partition coefficient (Wildman–Crippen LogP) is 0.339. The molecule has 1 fully saturated rings. The monoisotopic (exact) mass is 187 g/mol. The van der Waals surface area contributed by atoms with Gasteiger partial charge in [-0.1, -0.05) is 0 Å². The van der Waals surface area contributed by atoms with Gasteiger partial charge in [-0.25, -0.2) is 13.1 Å². The van der Waals surface area contributed by atoms with Gasteiger partial charge in [0.15, 0.2) is 0 Å². The third kappa shape index (κ3) is 3.74. The maximum atomic E-state index is 11.2. The maximum Gasteiger partial charge on any atom is 0.211 e. The first-order valence-corrected chi connectivity index (χ1v) is 5.70. The molecule has 1 saturated carbocycles. The van der Waals surface area contributed by atoms with Crippen LogP contribution in [0.2, 0.25) is 0 Å². The van der Waals surface area contributed by atoms with Crippen molar-refractivity contribution in [2.24, 2.45) is 5.92 Å². The molecule has 0 atom stereocenters. The van der Waals surface area contributed by atoms with Gasteiger partial charge in [-0.15, -0.1) is 12.3 Å². The van der Waals surface area contributed by atoms with Crippen molar-refractivity contribution in [1.29, 1.82) is 0 Å². The largest absolute Gasteiger partial charge is 0.214 e. The molecule has 0 saturated heterocycles. The molecule has 0 aromatic heterocycles. The van der Waals surface area contributed by atoms with Crippen molar-refractivity contribution in [1.82, 2.24) is 4.72 Å². The van der Waals surface area contributed by atoms with Gasteiger partial charge in [0.05, 0.1) is 5.75 Å². The number of sulfonamides is 1. The van der Waals surface area contributed by atoms with Gasteiger partial charge in [-0.05, 0) is 18.8 Å². The Morgan fingerprint density at radius 1 is 1.50 bits per heavy atom. The highest BCUT2D eigenvalue weighted by molar-refractivity contribution is 7.89. The summed E-state index contributed by atoms with van der Waals surface area (Å²) in [6.07, 6.45) is 7.55. The van der Waals surface area contributed by atoms with Crippen molar-refractivity contribution in [2.45, 2.75) is 19.3 Å². The minimum absolute atomic E-state index is 0.275. The fourth-order valence-electron chi connectivity index (χ4n) is 0.932. The highest BCUT2D eigenvalue weighted by Crippen LogP contribution is 2.29. The van der Waals surface area contributed by atoms with E-state index in [-0.39, 0.29) is 5.75 Å². The Bertz CT molecular complexity index is 272. The van der Waals surface area contributed by atoms with E-state index in [2.05, 4.69) is 10.6 Å². The third-order valence-corrected chi connectivity index (χ3v) is 3.30. The van der Waals surface area contributed by atoms with Gasteiger partial charge in [-0.2, -0.15) is 0 Å². The number of nitrogens with one attached hydrogen (secondary N) is 1. The summed E-state index contributed by atoms with van der Waals surface area (Å²) in [6.45, 7) is 0.367. The van der Waals surface area contributed by atoms with E-state index in [1.165, 1.54) is 0 Å². The van der Waals surface area contributed by atoms with Crippen LogP contribution in [-0.4, -0.2) is 20.7 Å². The maximum absolute atomic E-state index is 11.2. The normalized spacial score (nSPS) is 17.2. The van der Waals surface area contributed by atoms with Crippen LogP contribution in [-0.2, 0) is 10.0 Å². The molecule has 1 aliphatic rings. The van der Waals surface area contributed by atoms with Gasteiger partial charge >= 0.3 is 0 Å². The SMILES string of the molecule is C#CCCNS(=O)(=O)CC1CC1. The summed E-state index contributed by atoms with van der Waals surface area (Å²) >= 11 is 0. The first-order valence-electron chi connectivity index (χ1n) is 4.05. The number of terminal acetylenes is 1. The van der Waals surface area contributed by atoms with Crippen molar-refractivity contribution < 1.29 is 8.42 Å². The van der Waals surface area contributed by atoms with Crippen LogP contribution in [0, 0.1) is 18.3 Å². The van der Waals surface area contributed by atoms with E-state index in [1.54, 1.807) is 0 Å². The molecule has 0 heterocycles. The van der Waals surface area contributed by atoms with Crippen molar-refractivity contribution in [3.63, 3.8) is 0 Å². The lowest BCUT2D eigenvalue weighted by atomic mass is 10.5. The lowest BCUT2D eigenvalue weighted by Gasteiger charge is -2.02. The lowest BCUT2D eigenvalue weighted by molar-refractivity contribution is 0.578. The predicted molar refractivity (Wildman–Crippen MR) is 48.0 cm³/mol. The molecular weight excluding hydrogens is 174 g/mol. The minimum atomic E-state index is -3.04. The number of hydrogen-bond donors (Lipinski definition) is 1. The van der Waals surface area contributed by atoms with Crippen LogP contribution in [0.4, 0.5) is 0 Å². The molecular formula is C8H13NO2S. The summed E-state index contributed by atoms with van der Waals surface area (Å²) in [5, 5.41) is 0. The molecule has 0 aliphatic heterocycles. The third-order valence-electron chi connectivity index (χ3n) is 1.74. The van der Waals surface area contributed by atoms with Crippen LogP contribution in [0.3, 0.4) is 0 Å². The number of hydrogen-bond acceptors (Lipinski definition) is 2. The lowest BCUT2D eigenvalue weighted by Crippen LogP contribution is -2.27. The summed E-state index contributed by atoms with van der Waals surface area (Å²) in [4.78, 5) is 0. The standard InChI is InChI=1S/C8H13NO2S/c1-2-3-6-9-12(10,11)7-8-4-5-8/h1,8-9H,3-7H2. The van der Waals surface area contributed by atoms with E-state index >= 15 is 0 Å². The second-order valence-corrected chi connectivity index (χ2v) is 4.92. The molecule has 0 aromatic carbocycles. The van der Waals surface area contributed by atoms with Gasteiger partial charge in [0.25, 0.3) is 0 Å². The first-order chi connectivity index (χ1) is 5.64. The molecule has 4 heteroatoms. The topological polar surface area (TPSA) is 46.2 Å². The second-order valence-electron chi connectivity index (χ2n) is 3.07. The molecule has 12 heavy (non-hydrogen) atoms. The molecule has 68 valence electrons. The molecule has 1 N–H and O–H groups in total. The Labute approximate surface area is 73.6 Å². The van der Waals surface area contributed by atoms with Crippen LogP contribution < -0.4 is 4.72 Å². The fourth-order valence-corrected chi connectivity index (χ4v) is 2.42. The van der Waals surface area contributed by atoms with Crippen molar-refractivity contribution in [2.75, 3.05) is 12.3 Å². The van der Waals surface area contributed by atoms with Crippen LogP contribution in [0.15, 0.2) is 0 Å². The zero-order chi connectivity index (χ0) is 9.03. The summed E-state index contributed by atoms with van der Waals surface area (Å²) in [6, 6.07) is 0. The smallest absolute Gasteiger partial charge is 0.211 e. The molecule has 3 nitrogen and oxygen atoms in total. The van der Waals surface area contributed by atoms with E-state index < -0.39 is 10.0 Å². The summed E-state index contributed by atoms with van der Waals surface area (Å²) in [7, 11) is -3.04. The average molecular weight is 187 g/mol. The van der Waals surface area contributed by atoms with Crippen LogP contribution in [0.25, 0.3) is 0 Å². The molecule has 0 spiro atoms. The van der Waals surface area contributed by atoms with Crippen molar-refractivity contribution in [3.8, 4) is 12.3 Å². The molecule has 0 radical (unpaired) electrons. The Kier molecular flexibility index (Phi) is 3.12. The van der Waals surface area contributed by atoms with Gasteiger partial charge in [0, 0.05) is 13.0 Å². The van der Waals surface area contributed by atoms with Gasteiger partial charge in [-0.3, -0.25) is 0 Å². The Morgan fingerprint density at radius 3 is 2.67 bits per heavy atom. The van der Waals surface area contributed by atoms with E-state index in [9.17, 15) is 8.42 Å². The first kappa shape index (κ1) is 9.56. The van der Waals surface area contributed by atoms with Crippen LogP contribution in [0.5, 0.6) is 0 Å². The zero-order valence-corrected chi connectivity index (χ0v) is 7.73. The Balaban J connectivity index is 2.23. The second kappa shape index (κ2) is 3.92. The minimum Gasteiger partial charge on any atom is -0.214 e. The zero-order valence-electron chi connectivity index (χ0n) is 6.91. The highest BCUT2D eigenvalue weighted by Gasteiger charge is 2.27. The van der Waals surface area contributed by atoms with Crippen molar-refractivity contribution in [3.05, 3.63) is 0 Å². The molecule has 1 rings (SSSR count). The fraction of sp³-hybridized carbons (Fsp3) is 0.750. The quantitative estimate of drug-likeness (QED) is 0.498. The van der Waals surface area contributed by atoms with Crippen molar-refractivity contribution >= 4 is 10.0 Å². The van der Waals surface area contributed by atoms with E-state index in [0.29, 0.717) is 18.9 Å². The molecule has 0 aromatic rings.